The minimum absolute atomic E-state index is 0.0629. The number of ketones is 1. The molecular formula is C23H37NO4S. The predicted molar refractivity (Wildman–Crippen MR) is 117 cm³/mol. The van der Waals surface area contributed by atoms with Gasteiger partial charge < -0.3 is 14.7 Å². The number of hydrogen-bond acceptors (Lipinski definition) is 6. The maximum absolute atomic E-state index is 12.8. The fraction of sp³-hybridized carbons (Fsp3) is 0.826. The van der Waals surface area contributed by atoms with Crippen LogP contribution in [0.25, 0.3) is 0 Å². The number of hydrogen-bond donors (Lipinski definition) is 1. The summed E-state index contributed by atoms with van der Waals surface area (Å²) in [6.45, 7) is 11.4. The first-order chi connectivity index (χ1) is 13.9. The third-order valence-corrected chi connectivity index (χ3v) is 8.39. The Morgan fingerprint density at radius 3 is 2.83 bits per heavy atom. The molecule has 0 amide bonds. The molecule has 3 saturated carbocycles. The van der Waals surface area contributed by atoms with Gasteiger partial charge in [0.2, 0.25) is 0 Å². The molecule has 0 aromatic heterocycles. The van der Waals surface area contributed by atoms with Gasteiger partial charge in [0.25, 0.3) is 0 Å². The minimum atomic E-state index is -0.605. The lowest BCUT2D eigenvalue weighted by Gasteiger charge is -2.48. The summed E-state index contributed by atoms with van der Waals surface area (Å²) in [6, 6.07) is 0. The Morgan fingerprint density at radius 1 is 1.34 bits per heavy atom. The van der Waals surface area contributed by atoms with E-state index in [9.17, 15) is 14.7 Å². The normalized spacial score (nSPS) is 34.6. The summed E-state index contributed by atoms with van der Waals surface area (Å²) in [5.74, 6) is 1.36. The monoisotopic (exact) mass is 423 g/mol. The van der Waals surface area contributed by atoms with Gasteiger partial charge in [-0.3, -0.25) is 9.59 Å². The Morgan fingerprint density at radius 2 is 2.10 bits per heavy atom. The van der Waals surface area contributed by atoms with Crippen LogP contribution < -0.4 is 0 Å². The summed E-state index contributed by atoms with van der Waals surface area (Å²) in [4.78, 5) is 27.7. The van der Waals surface area contributed by atoms with E-state index in [4.69, 9.17) is 4.74 Å². The maximum Gasteiger partial charge on any atom is 0.316 e. The number of nitrogens with zero attached hydrogens (tertiary/aromatic N) is 1. The number of rotatable bonds is 8. The van der Waals surface area contributed by atoms with Gasteiger partial charge in [-0.2, -0.15) is 0 Å². The van der Waals surface area contributed by atoms with Crippen LogP contribution in [0.5, 0.6) is 0 Å². The molecule has 0 spiro atoms. The predicted octanol–water partition coefficient (Wildman–Crippen LogP) is 3.45. The van der Waals surface area contributed by atoms with Crippen molar-refractivity contribution in [3.8, 4) is 0 Å². The number of carbonyl (C=O) groups excluding carboxylic acids is 2. The van der Waals surface area contributed by atoms with Crippen LogP contribution in [0.2, 0.25) is 0 Å². The molecule has 0 radical (unpaired) electrons. The zero-order valence-corrected chi connectivity index (χ0v) is 18.8. The smallest absolute Gasteiger partial charge is 0.316 e. The number of aliphatic hydroxyl groups is 1. The van der Waals surface area contributed by atoms with E-state index in [1.54, 1.807) is 11.8 Å². The summed E-state index contributed by atoms with van der Waals surface area (Å²) < 4.78 is 5.95. The maximum atomic E-state index is 12.8. The first kappa shape index (κ1) is 22.8. The molecule has 3 aliphatic rings. The van der Waals surface area contributed by atoms with E-state index in [0.29, 0.717) is 30.8 Å². The Bertz CT molecular complexity index is 620. The van der Waals surface area contributed by atoms with Gasteiger partial charge in [-0.15, -0.1) is 11.8 Å². The molecule has 5 nitrogen and oxygen atoms in total. The molecule has 0 aromatic carbocycles. The number of ether oxygens (including phenoxy) is 1. The van der Waals surface area contributed by atoms with Crippen molar-refractivity contribution < 1.29 is 19.4 Å². The summed E-state index contributed by atoms with van der Waals surface area (Å²) in [5.41, 5.74) is 0.632. The van der Waals surface area contributed by atoms with Crippen molar-refractivity contribution in [1.82, 2.24) is 4.90 Å². The highest BCUT2D eigenvalue weighted by Gasteiger charge is 2.57. The van der Waals surface area contributed by atoms with Gasteiger partial charge in [0, 0.05) is 37.0 Å². The second kappa shape index (κ2) is 9.97. The highest BCUT2D eigenvalue weighted by atomic mass is 32.2. The van der Waals surface area contributed by atoms with E-state index < -0.39 is 6.10 Å². The van der Waals surface area contributed by atoms with Crippen LogP contribution in [-0.4, -0.2) is 65.1 Å². The molecule has 3 rings (SSSR count). The van der Waals surface area contributed by atoms with Crippen molar-refractivity contribution in [2.24, 2.45) is 17.3 Å². The first-order valence-corrected chi connectivity index (χ1v) is 12.4. The standard InChI is InChI=1S/C23H37NO4S/c1-4-24(5-2)11-12-29-15-21(27)28-20-13-16(3)19(26)14-23-9-6-7-17(20)22(23)18(25)8-10-23/h17,19-20,22,26H,3-15H2,1-2H3/t17?,19-,20-,22?,23+/m1/s1. The van der Waals surface area contributed by atoms with Crippen LogP contribution in [0.1, 0.15) is 58.8 Å². The lowest BCUT2D eigenvalue weighted by Crippen LogP contribution is -2.48. The van der Waals surface area contributed by atoms with Crippen LogP contribution in [0.15, 0.2) is 12.2 Å². The zero-order chi connectivity index (χ0) is 21.0. The molecule has 0 aromatic rings. The Hall–Kier alpha value is -0.850. The molecule has 5 atom stereocenters. The lowest BCUT2D eigenvalue weighted by molar-refractivity contribution is -0.156. The van der Waals surface area contributed by atoms with E-state index in [1.165, 1.54) is 0 Å². The molecular weight excluding hydrogens is 386 g/mol. The molecule has 29 heavy (non-hydrogen) atoms. The summed E-state index contributed by atoms with van der Waals surface area (Å²) in [7, 11) is 0. The average molecular weight is 424 g/mol. The van der Waals surface area contributed by atoms with E-state index in [-0.39, 0.29) is 29.3 Å². The minimum Gasteiger partial charge on any atom is -0.461 e. The van der Waals surface area contributed by atoms with Crippen molar-refractivity contribution in [2.45, 2.75) is 71.0 Å². The van der Waals surface area contributed by atoms with E-state index >= 15 is 0 Å². The molecule has 6 heteroatoms. The van der Waals surface area contributed by atoms with Crippen LogP contribution in [0.4, 0.5) is 0 Å². The van der Waals surface area contributed by atoms with Crippen LogP contribution in [0, 0.1) is 17.3 Å². The molecule has 0 heterocycles. The van der Waals surface area contributed by atoms with Gasteiger partial charge in [-0.05, 0) is 49.8 Å². The van der Waals surface area contributed by atoms with E-state index in [2.05, 4.69) is 25.3 Å². The second-order valence-electron chi connectivity index (χ2n) is 9.05. The first-order valence-electron chi connectivity index (χ1n) is 11.3. The van der Waals surface area contributed by atoms with Crippen LogP contribution >= 0.6 is 11.8 Å². The summed E-state index contributed by atoms with van der Waals surface area (Å²) in [6.07, 6.45) is 4.59. The van der Waals surface area contributed by atoms with Gasteiger partial charge >= 0.3 is 5.97 Å². The molecule has 1 N–H and O–H groups in total. The largest absolute Gasteiger partial charge is 0.461 e. The molecule has 2 unspecified atom stereocenters. The van der Waals surface area contributed by atoms with Gasteiger partial charge in [-0.25, -0.2) is 0 Å². The van der Waals surface area contributed by atoms with Crippen molar-refractivity contribution in [3.05, 3.63) is 12.2 Å². The topological polar surface area (TPSA) is 66.8 Å². The number of esters is 1. The van der Waals surface area contributed by atoms with Crippen molar-refractivity contribution in [3.63, 3.8) is 0 Å². The summed E-state index contributed by atoms with van der Waals surface area (Å²) in [5, 5.41) is 10.7. The van der Waals surface area contributed by atoms with Crippen LogP contribution in [-0.2, 0) is 14.3 Å². The van der Waals surface area contributed by atoms with Crippen LogP contribution in [0.3, 0.4) is 0 Å². The fourth-order valence-electron chi connectivity index (χ4n) is 5.88. The lowest BCUT2D eigenvalue weighted by atomic mass is 9.57. The Kier molecular flexibility index (Phi) is 7.85. The third-order valence-electron chi connectivity index (χ3n) is 7.48. The van der Waals surface area contributed by atoms with Crippen molar-refractivity contribution in [2.75, 3.05) is 31.1 Å². The molecule has 0 aliphatic heterocycles. The van der Waals surface area contributed by atoms with Gasteiger partial charge in [0.05, 0.1) is 11.9 Å². The van der Waals surface area contributed by atoms with E-state index in [0.717, 1.165) is 56.6 Å². The Labute approximate surface area is 179 Å². The molecule has 2 bridgehead atoms. The van der Waals surface area contributed by atoms with Gasteiger partial charge in [0.1, 0.15) is 11.9 Å². The summed E-state index contributed by atoms with van der Waals surface area (Å²) >= 11 is 1.61. The third kappa shape index (κ3) is 5.08. The van der Waals surface area contributed by atoms with Gasteiger partial charge in [0.15, 0.2) is 0 Å². The average Bonchev–Trinajstić information content (AvgIpc) is 3.03. The number of Topliss-reactive ketones (excluding diaryl/α,β-unsaturated/α-hetero) is 1. The van der Waals surface area contributed by atoms with Gasteiger partial charge in [-0.1, -0.05) is 26.8 Å². The quantitative estimate of drug-likeness (QED) is 0.366. The van der Waals surface area contributed by atoms with Crippen molar-refractivity contribution in [1.29, 1.82) is 0 Å². The number of thioether (sulfide) groups is 1. The number of carbonyl (C=O) groups is 2. The fourth-order valence-corrected chi connectivity index (χ4v) is 6.65. The molecule has 3 fully saturated rings. The SMILES string of the molecule is C=C1C[C@@H](OC(=O)CSCCN(CC)CC)C2CCC[C@]3(CCC(=O)C23)C[C@H]1O. The van der Waals surface area contributed by atoms with E-state index in [1.807, 2.05) is 0 Å². The highest BCUT2D eigenvalue weighted by Crippen LogP contribution is 2.58. The molecule has 0 saturated heterocycles. The highest BCUT2D eigenvalue weighted by molar-refractivity contribution is 7.99. The van der Waals surface area contributed by atoms with Crippen molar-refractivity contribution >= 4 is 23.5 Å². The Balaban J connectivity index is 1.63. The zero-order valence-electron chi connectivity index (χ0n) is 18.0. The molecule has 164 valence electrons. The second-order valence-corrected chi connectivity index (χ2v) is 10.2. The molecule has 3 aliphatic carbocycles. The number of aliphatic hydroxyl groups excluding tert-OH is 1.